The van der Waals surface area contributed by atoms with Gasteiger partial charge in [0.15, 0.2) is 5.13 Å². The Balaban J connectivity index is 1.74. The third-order valence-corrected chi connectivity index (χ3v) is 4.67. The number of rotatable bonds is 5. The Labute approximate surface area is 159 Å². The Bertz CT molecular complexity index is 894. The quantitative estimate of drug-likeness (QED) is 0.599. The molecule has 0 spiro atoms. The largest absolute Gasteiger partial charge is 0.494 e. The van der Waals surface area contributed by atoms with Gasteiger partial charge in [-0.3, -0.25) is 10.1 Å². The van der Waals surface area contributed by atoms with E-state index in [1.165, 1.54) is 17.4 Å². The number of amides is 1. The highest BCUT2D eigenvalue weighted by Gasteiger charge is 2.13. The van der Waals surface area contributed by atoms with Crippen molar-refractivity contribution in [2.75, 3.05) is 11.9 Å². The molecule has 128 valence electrons. The van der Waals surface area contributed by atoms with E-state index < -0.39 is 0 Å². The molecule has 1 N–H and O–H groups in total. The molecule has 0 radical (unpaired) electrons. The molecule has 25 heavy (non-hydrogen) atoms. The molecule has 0 bridgehead atoms. The molecular weight excluding hydrogens is 379 g/mol. The molecule has 0 atom stereocenters. The molecule has 1 amide bonds. The number of aromatic nitrogens is 1. The van der Waals surface area contributed by atoms with Crippen molar-refractivity contribution in [3.63, 3.8) is 0 Å². The van der Waals surface area contributed by atoms with Gasteiger partial charge in [0.25, 0.3) is 5.91 Å². The highest BCUT2D eigenvalue weighted by atomic mass is 35.5. The number of benzene rings is 2. The smallest absolute Gasteiger partial charge is 0.258 e. The second kappa shape index (κ2) is 7.87. The summed E-state index contributed by atoms with van der Waals surface area (Å²) in [4.78, 5) is 16.8. The number of halogens is 2. The van der Waals surface area contributed by atoms with Crippen molar-refractivity contribution < 1.29 is 9.53 Å². The van der Waals surface area contributed by atoms with Crippen LogP contribution in [0.25, 0.3) is 11.3 Å². The maximum absolute atomic E-state index is 12.3. The van der Waals surface area contributed by atoms with Gasteiger partial charge in [0, 0.05) is 16.0 Å². The molecule has 1 aromatic heterocycles. The second-order valence-electron chi connectivity index (χ2n) is 5.07. The highest BCUT2D eigenvalue weighted by molar-refractivity contribution is 7.14. The maximum Gasteiger partial charge on any atom is 0.258 e. The second-order valence-corrected chi connectivity index (χ2v) is 6.78. The first kappa shape index (κ1) is 17.7. The Morgan fingerprint density at radius 1 is 1.20 bits per heavy atom. The number of hydrogen-bond acceptors (Lipinski definition) is 4. The first-order chi connectivity index (χ1) is 12.1. The third-order valence-electron chi connectivity index (χ3n) is 3.36. The average molecular weight is 393 g/mol. The van der Waals surface area contributed by atoms with E-state index in [9.17, 15) is 4.79 Å². The Morgan fingerprint density at radius 2 is 1.96 bits per heavy atom. The number of nitrogens with one attached hydrogen (secondary N) is 1. The molecule has 4 nitrogen and oxygen atoms in total. The average Bonchev–Trinajstić information content (AvgIpc) is 3.04. The van der Waals surface area contributed by atoms with Crippen LogP contribution in [0.3, 0.4) is 0 Å². The Kier molecular flexibility index (Phi) is 5.58. The van der Waals surface area contributed by atoms with Crippen molar-refractivity contribution in [1.29, 1.82) is 0 Å². The Hall–Kier alpha value is -2.08. The molecule has 2 aromatic carbocycles. The van der Waals surface area contributed by atoms with Crippen molar-refractivity contribution in [3.05, 3.63) is 63.5 Å². The van der Waals surface area contributed by atoms with Gasteiger partial charge < -0.3 is 4.74 Å². The molecule has 3 rings (SSSR count). The summed E-state index contributed by atoms with van der Waals surface area (Å²) in [6.07, 6.45) is 0. The van der Waals surface area contributed by atoms with Crippen molar-refractivity contribution in [1.82, 2.24) is 4.98 Å². The first-order valence-electron chi connectivity index (χ1n) is 7.52. The van der Waals surface area contributed by atoms with Crippen LogP contribution in [-0.2, 0) is 0 Å². The summed E-state index contributed by atoms with van der Waals surface area (Å²) in [5.41, 5.74) is 2.08. The van der Waals surface area contributed by atoms with E-state index in [1.807, 2.05) is 36.6 Å². The van der Waals surface area contributed by atoms with E-state index in [0.29, 0.717) is 27.3 Å². The van der Waals surface area contributed by atoms with Crippen molar-refractivity contribution >= 4 is 45.6 Å². The summed E-state index contributed by atoms with van der Waals surface area (Å²) in [5, 5.41) is 5.92. The summed E-state index contributed by atoms with van der Waals surface area (Å²) in [6.45, 7) is 2.57. The predicted octanol–water partition coefficient (Wildman–Crippen LogP) is 5.77. The minimum atomic E-state index is -0.325. The summed E-state index contributed by atoms with van der Waals surface area (Å²) in [5.74, 6) is 0.488. The van der Waals surface area contributed by atoms with Crippen LogP contribution in [0.15, 0.2) is 47.8 Å². The van der Waals surface area contributed by atoms with Crippen LogP contribution in [0.4, 0.5) is 5.13 Å². The van der Waals surface area contributed by atoms with Crippen molar-refractivity contribution in [2.45, 2.75) is 6.92 Å². The summed E-state index contributed by atoms with van der Waals surface area (Å²) in [7, 11) is 0. The number of thiazole rings is 1. The maximum atomic E-state index is 12.3. The highest BCUT2D eigenvalue weighted by Crippen LogP contribution is 2.28. The normalized spacial score (nSPS) is 10.5. The number of ether oxygens (including phenoxy) is 1. The van der Waals surface area contributed by atoms with Gasteiger partial charge in [0.05, 0.1) is 22.9 Å². The van der Waals surface area contributed by atoms with Gasteiger partial charge in [-0.25, -0.2) is 4.98 Å². The number of hydrogen-bond donors (Lipinski definition) is 1. The monoisotopic (exact) mass is 392 g/mol. The minimum absolute atomic E-state index is 0.299. The summed E-state index contributed by atoms with van der Waals surface area (Å²) < 4.78 is 5.43. The summed E-state index contributed by atoms with van der Waals surface area (Å²) in [6, 6.07) is 12.4. The third kappa shape index (κ3) is 4.31. The number of carbonyl (C=O) groups is 1. The fourth-order valence-electron chi connectivity index (χ4n) is 2.19. The topological polar surface area (TPSA) is 51.2 Å². The van der Waals surface area contributed by atoms with Gasteiger partial charge in [-0.05, 0) is 49.4 Å². The molecule has 0 unspecified atom stereocenters. The van der Waals surface area contributed by atoms with Crippen molar-refractivity contribution in [2.24, 2.45) is 0 Å². The van der Waals surface area contributed by atoms with Crippen LogP contribution in [0, 0.1) is 0 Å². The van der Waals surface area contributed by atoms with Crippen molar-refractivity contribution in [3.8, 4) is 17.0 Å². The zero-order valence-corrected chi connectivity index (χ0v) is 15.6. The molecule has 0 saturated heterocycles. The van der Waals surface area contributed by atoms with Gasteiger partial charge in [0.2, 0.25) is 0 Å². The Morgan fingerprint density at radius 3 is 2.64 bits per heavy atom. The lowest BCUT2D eigenvalue weighted by Gasteiger charge is -2.04. The van der Waals surface area contributed by atoms with Gasteiger partial charge in [0.1, 0.15) is 5.75 Å². The summed E-state index contributed by atoms with van der Waals surface area (Å²) >= 11 is 13.3. The van der Waals surface area contributed by atoms with E-state index in [2.05, 4.69) is 10.3 Å². The lowest BCUT2D eigenvalue weighted by atomic mass is 10.2. The first-order valence-corrected chi connectivity index (χ1v) is 9.15. The molecule has 0 fully saturated rings. The van der Waals surface area contributed by atoms with Crippen LogP contribution in [-0.4, -0.2) is 17.5 Å². The van der Waals surface area contributed by atoms with E-state index in [0.717, 1.165) is 17.0 Å². The van der Waals surface area contributed by atoms with Crippen LogP contribution in [0.5, 0.6) is 5.75 Å². The zero-order chi connectivity index (χ0) is 17.8. The lowest BCUT2D eigenvalue weighted by Crippen LogP contribution is -2.12. The van der Waals surface area contributed by atoms with E-state index in [1.54, 1.807) is 12.1 Å². The molecule has 0 aliphatic rings. The van der Waals surface area contributed by atoms with Crippen LogP contribution in [0.2, 0.25) is 10.0 Å². The van der Waals surface area contributed by atoms with Gasteiger partial charge >= 0.3 is 0 Å². The van der Waals surface area contributed by atoms with E-state index in [-0.39, 0.29) is 5.91 Å². The lowest BCUT2D eigenvalue weighted by molar-refractivity contribution is 0.102. The molecule has 1 heterocycles. The van der Waals surface area contributed by atoms with E-state index >= 15 is 0 Å². The number of anilines is 1. The van der Waals surface area contributed by atoms with Gasteiger partial charge in [-0.1, -0.05) is 23.2 Å². The van der Waals surface area contributed by atoms with Crippen LogP contribution >= 0.6 is 34.5 Å². The molecule has 7 heteroatoms. The molecule has 0 saturated carbocycles. The van der Waals surface area contributed by atoms with Gasteiger partial charge in [-0.15, -0.1) is 11.3 Å². The molecule has 0 aliphatic carbocycles. The number of nitrogens with zero attached hydrogens (tertiary/aromatic N) is 1. The SMILES string of the molecule is CCOc1ccc(-c2csc(NC(=O)c3ccc(Cl)cc3Cl)n2)cc1. The van der Waals surface area contributed by atoms with Crippen LogP contribution < -0.4 is 10.1 Å². The zero-order valence-electron chi connectivity index (χ0n) is 13.3. The standard InChI is InChI=1S/C18H14Cl2N2O2S/c1-2-24-13-6-3-11(4-7-13)16-10-25-18(21-16)22-17(23)14-8-5-12(19)9-15(14)20/h3-10H,2H2,1H3,(H,21,22,23). The minimum Gasteiger partial charge on any atom is -0.494 e. The fraction of sp³-hybridized carbons (Fsp3) is 0.111. The van der Waals surface area contributed by atoms with Gasteiger partial charge in [-0.2, -0.15) is 0 Å². The molecule has 0 aliphatic heterocycles. The molecular formula is C18H14Cl2N2O2S. The number of carbonyl (C=O) groups excluding carboxylic acids is 1. The van der Waals surface area contributed by atoms with E-state index in [4.69, 9.17) is 27.9 Å². The predicted molar refractivity (Wildman–Crippen MR) is 103 cm³/mol. The molecule has 3 aromatic rings. The van der Waals surface area contributed by atoms with Crippen LogP contribution in [0.1, 0.15) is 17.3 Å². The fourth-order valence-corrected chi connectivity index (χ4v) is 3.40.